The molecule has 1 aliphatic heterocycles. The molecule has 0 radical (unpaired) electrons. The zero-order chi connectivity index (χ0) is 23.1. The molecule has 8 nitrogen and oxygen atoms in total. The van der Waals surface area contributed by atoms with Gasteiger partial charge >= 0.3 is 0 Å². The van der Waals surface area contributed by atoms with Gasteiger partial charge < -0.3 is 20.0 Å². The van der Waals surface area contributed by atoms with Gasteiger partial charge in [-0.2, -0.15) is 0 Å². The molecule has 174 valence electrons. The molecule has 2 heterocycles. The molecule has 0 atom stereocenters. The number of benzene rings is 1. The van der Waals surface area contributed by atoms with Crippen LogP contribution in [0.15, 0.2) is 30.6 Å². The van der Waals surface area contributed by atoms with Crippen LogP contribution in [0.5, 0.6) is 0 Å². The lowest BCUT2D eigenvalue weighted by atomic mass is 9.98. The fraction of sp³-hybridized carbons (Fsp3) is 0.542. The molecule has 8 heteroatoms. The zero-order valence-corrected chi connectivity index (χ0v) is 20.1. The molecule has 0 saturated heterocycles. The Kier molecular flexibility index (Phi) is 8.41. The van der Waals surface area contributed by atoms with E-state index in [2.05, 4.69) is 50.2 Å². The molecule has 3 rings (SSSR count). The van der Waals surface area contributed by atoms with E-state index in [9.17, 15) is 4.79 Å². The van der Waals surface area contributed by atoms with Crippen LogP contribution in [-0.4, -0.2) is 91.5 Å². The van der Waals surface area contributed by atoms with Gasteiger partial charge in [0.25, 0.3) is 0 Å². The number of amides is 1. The van der Waals surface area contributed by atoms with Crippen molar-refractivity contribution in [3.63, 3.8) is 0 Å². The van der Waals surface area contributed by atoms with E-state index in [-0.39, 0.29) is 12.5 Å². The third-order valence-electron chi connectivity index (χ3n) is 5.86. The fourth-order valence-corrected chi connectivity index (χ4v) is 3.85. The molecule has 0 saturated carbocycles. The molecule has 0 aliphatic carbocycles. The number of anilines is 2. The van der Waals surface area contributed by atoms with E-state index in [1.807, 2.05) is 38.0 Å². The van der Waals surface area contributed by atoms with Crippen molar-refractivity contribution in [2.45, 2.75) is 26.4 Å². The highest BCUT2D eigenvalue weighted by molar-refractivity contribution is 5.81. The van der Waals surface area contributed by atoms with Crippen LogP contribution in [0.4, 0.5) is 11.6 Å². The Morgan fingerprint density at radius 3 is 2.53 bits per heavy atom. The normalized spacial score (nSPS) is 13.7. The topological polar surface area (TPSA) is 67.8 Å². The third kappa shape index (κ3) is 6.40. The van der Waals surface area contributed by atoms with Gasteiger partial charge in [-0.15, -0.1) is 0 Å². The highest BCUT2D eigenvalue weighted by Gasteiger charge is 2.19. The average Bonchev–Trinajstić information content (AvgIpc) is 2.79. The second kappa shape index (κ2) is 11.2. The fourth-order valence-electron chi connectivity index (χ4n) is 3.85. The van der Waals surface area contributed by atoms with Crippen LogP contribution in [0.1, 0.15) is 23.6 Å². The molecule has 0 fully saturated rings. The Bertz CT molecular complexity index is 882. The standard InChI is InChI=1S/C24H37N7O/c1-6-30-11-10-20-8-7-9-22(21(20)18-30)25-16-23(32)31(13-12-28(2)3)17-19-14-26-24(27-15-19)29(4)5/h7-9,14-15,25H,6,10-13,16-18H2,1-5H3. The second-order valence-electron chi connectivity index (χ2n) is 8.82. The van der Waals surface area contributed by atoms with Crippen molar-refractivity contribution in [3.8, 4) is 0 Å². The van der Waals surface area contributed by atoms with E-state index in [0.717, 1.165) is 43.9 Å². The smallest absolute Gasteiger partial charge is 0.242 e. The summed E-state index contributed by atoms with van der Waals surface area (Å²) >= 11 is 0. The molecule has 32 heavy (non-hydrogen) atoms. The number of hydrogen-bond acceptors (Lipinski definition) is 7. The van der Waals surface area contributed by atoms with Crippen molar-refractivity contribution < 1.29 is 4.79 Å². The van der Waals surface area contributed by atoms with Crippen LogP contribution in [-0.2, 0) is 24.3 Å². The van der Waals surface area contributed by atoms with Gasteiger partial charge in [0.15, 0.2) is 0 Å². The predicted molar refractivity (Wildman–Crippen MR) is 130 cm³/mol. The summed E-state index contributed by atoms with van der Waals surface area (Å²) in [7, 11) is 7.86. The summed E-state index contributed by atoms with van der Waals surface area (Å²) in [6, 6.07) is 6.38. The molecule has 2 aromatic rings. The minimum absolute atomic E-state index is 0.0734. The second-order valence-corrected chi connectivity index (χ2v) is 8.82. The third-order valence-corrected chi connectivity index (χ3v) is 5.86. The largest absolute Gasteiger partial charge is 0.376 e. The monoisotopic (exact) mass is 439 g/mol. The average molecular weight is 440 g/mol. The Hall–Kier alpha value is -2.71. The quantitative estimate of drug-likeness (QED) is 0.607. The molecule has 1 aromatic carbocycles. The summed E-state index contributed by atoms with van der Waals surface area (Å²) in [6.07, 6.45) is 4.67. The van der Waals surface area contributed by atoms with Crippen molar-refractivity contribution in [2.24, 2.45) is 0 Å². The highest BCUT2D eigenvalue weighted by Crippen LogP contribution is 2.26. The highest BCUT2D eigenvalue weighted by atomic mass is 16.2. The number of carbonyl (C=O) groups excluding carboxylic acids is 1. The zero-order valence-electron chi connectivity index (χ0n) is 20.1. The minimum Gasteiger partial charge on any atom is -0.376 e. The number of nitrogens with zero attached hydrogens (tertiary/aromatic N) is 6. The van der Waals surface area contributed by atoms with Gasteiger partial charge in [0.1, 0.15) is 0 Å². The molecule has 1 N–H and O–H groups in total. The lowest BCUT2D eigenvalue weighted by Gasteiger charge is -2.30. The van der Waals surface area contributed by atoms with Gasteiger partial charge in [0.2, 0.25) is 11.9 Å². The van der Waals surface area contributed by atoms with E-state index in [1.165, 1.54) is 11.1 Å². The maximum absolute atomic E-state index is 13.2. The molecular weight excluding hydrogens is 402 g/mol. The molecule has 1 amide bonds. The lowest BCUT2D eigenvalue weighted by Crippen LogP contribution is -2.39. The first-order valence-electron chi connectivity index (χ1n) is 11.3. The summed E-state index contributed by atoms with van der Waals surface area (Å²) in [6.45, 7) is 7.49. The van der Waals surface area contributed by atoms with Gasteiger partial charge in [-0.1, -0.05) is 19.1 Å². The van der Waals surface area contributed by atoms with E-state index in [1.54, 1.807) is 12.4 Å². The lowest BCUT2D eigenvalue weighted by molar-refractivity contribution is -0.130. The van der Waals surface area contributed by atoms with Gasteiger partial charge in [-0.05, 0) is 44.3 Å². The van der Waals surface area contributed by atoms with E-state index >= 15 is 0 Å². The number of carbonyl (C=O) groups is 1. The van der Waals surface area contributed by atoms with E-state index in [4.69, 9.17) is 0 Å². The Balaban J connectivity index is 1.68. The van der Waals surface area contributed by atoms with Gasteiger partial charge in [0.05, 0.1) is 6.54 Å². The maximum Gasteiger partial charge on any atom is 0.242 e. The minimum atomic E-state index is 0.0734. The van der Waals surface area contributed by atoms with Crippen LogP contribution in [0.25, 0.3) is 0 Å². The number of nitrogens with one attached hydrogen (secondary N) is 1. The maximum atomic E-state index is 13.2. The predicted octanol–water partition coefficient (Wildman–Crippen LogP) is 1.92. The van der Waals surface area contributed by atoms with Gasteiger partial charge in [-0.3, -0.25) is 9.69 Å². The van der Waals surface area contributed by atoms with Crippen molar-refractivity contribution in [3.05, 3.63) is 47.3 Å². The van der Waals surface area contributed by atoms with Crippen LogP contribution < -0.4 is 10.2 Å². The number of hydrogen-bond donors (Lipinski definition) is 1. The Labute approximate surface area is 192 Å². The van der Waals surface area contributed by atoms with Gasteiger partial charge in [0, 0.05) is 70.5 Å². The van der Waals surface area contributed by atoms with Crippen LogP contribution >= 0.6 is 0 Å². The first kappa shape index (κ1) is 23.9. The SMILES string of the molecule is CCN1CCc2cccc(NCC(=O)N(CCN(C)C)Cc3cnc(N(C)C)nc3)c2C1. The number of likely N-dealkylation sites (N-methyl/N-ethyl adjacent to an activating group) is 2. The molecule has 0 unspecified atom stereocenters. The number of aromatic nitrogens is 2. The Morgan fingerprint density at radius 1 is 1.12 bits per heavy atom. The first-order chi connectivity index (χ1) is 15.4. The molecule has 1 aromatic heterocycles. The van der Waals surface area contributed by atoms with E-state index < -0.39 is 0 Å². The molecule has 0 spiro atoms. The summed E-state index contributed by atoms with van der Waals surface area (Å²) in [4.78, 5) is 30.2. The molecular formula is C24H37N7O. The summed E-state index contributed by atoms with van der Waals surface area (Å²) in [5.74, 6) is 0.737. The first-order valence-corrected chi connectivity index (χ1v) is 11.3. The van der Waals surface area contributed by atoms with Crippen molar-refractivity contribution in [2.75, 3.05) is 71.1 Å². The van der Waals surface area contributed by atoms with Crippen LogP contribution in [0.3, 0.4) is 0 Å². The number of rotatable bonds is 10. The van der Waals surface area contributed by atoms with Crippen LogP contribution in [0.2, 0.25) is 0 Å². The van der Waals surface area contributed by atoms with E-state index in [0.29, 0.717) is 19.0 Å². The van der Waals surface area contributed by atoms with Crippen molar-refractivity contribution in [1.29, 1.82) is 0 Å². The molecule has 0 bridgehead atoms. The summed E-state index contributed by atoms with van der Waals surface area (Å²) < 4.78 is 0. The van der Waals surface area contributed by atoms with Crippen LogP contribution in [0, 0.1) is 0 Å². The Morgan fingerprint density at radius 2 is 1.88 bits per heavy atom. The van der Waals surface area contributed by atoms with Crippen molar-refractivity contribution >= 4 is 17.5 Å². The molecule has 1 aliphatic rings. The van der Waals surface area contributed by atoms with Crippen molar-refractivity contribution in [1.82, 2.24) is 24.7 Å². The van der Waals surface area contributed by atoms with Gasteiger partial charge in [-0.25, -0.2) is 9.97 Å². The number of fused-ring (bicyclic) bond motifs is 1. The summed E-state index contributed by atoms with van der Waals surface area (Å²) in [5, 5.41) is 3.43. The summed E-state index contributed by atoms with van der Waals surface area (Å²) in [5.41, 5.74) is 4.70.